The molecule has 17 heavy (non-hydrogen) atoms. The highest BCUT2D eigenvalue weighted by Gasteiger charge is 2.22. The third-order valence-electron chi connectivity index (χ3n) is 3.36. The van der Waals surface area contributed by atoms with E-state index in [1.807, 2.05) is 17.0 Å². The predicted molar refractivity (Wildman–Crippen MR) is 69.1 cm³/mol. The van der Waals surface area contributed by atoms with E-state index < -0.39 is 0 Å². The topological polar surface area (TPSA) is 46.3 Å². The third kappa shape index (κ3) is 2.99. The minimum atomic E-state index is 0.0551. The Balaban J connectivity index is 1.95. The van der Waals surface area contributed by atoms with Gasteiger partial charge in [-0.25, -0.2) is 0 Å². The summed E-state index contributed by atoms with van der Waals surface area (Å²) in [6, 6.07) is 8.00. The summed E-state index contributed by atoms with van der Waals surface area (Å²) >= 11 is 5.87. The molecule has 1 aromatic carbocycles. The average Bonchev–Trinajstić information content (AvgIpc) is 2.39. The van der Waals surface area contributed by atoms with E-state index >= 15 is 0 Å². The van der Waals surface area contributed by atoms with Crippen LogP contribution >= 0.6 is 11.6 Å². The number of nitrogens with zero attached hydrogens (tertiary/aromatic N) is 1. The molecule has 4 heteroatoms. The van der Waals surface area contributed by atoms with E-state index in [1.54, 1.807) is 0 Å². The van der Waals surface area contributed by atoms with Gasteiger partial charge in [-0.05, 0) is 36.5 Å². The van der Waals surface area contributed by atoms with Gasteiger partial charge in [-0.1, -0.05) is 23.7 Å². The molecule has 2 rings (SSSR count). The predicted octanol–water partition coefficient (Wildman–Crippen LogP) is 2.00. The lowest BCUT2D eigenvalue weighted by Gasteiger charge is -2.32. The highest BCUT2D eigenvalue weighted by atomic mass is 35.5. The number of piperidine rings is 1. The number of halogens is 1. The van der Waals surface area contributed by atoms with Crippen LogP contribution in [0.3, 0.4) is 0 Å². The highest BCUT2D eigenvalue weighted by Crippen LogP contribution is 2.28. The minimum absolute atomic E-state index is 0.0551. The molecular formula is C13H17ClN2O. The normalized spacial score (nSPS) is 17.2. The molecule has 2 N–H and O–H groups in total. The molecule has 1 amide bonds. The molecule has 1 saturated heterocycles. The first-order valence-electron chi connectivity index (χ1n) is 5.94. The van der Waals surface area contributed by atoms with E-state index in [0.29, 0.717) is 5.92 Å². The molecule has 3 nitrogen and oxygen atoms in total. The lowest BCUT2D eigenvalue weighted by molar-refractivity contribution is -0.130. The van der Waals surface area contributed by atoms with Crippen molar-refractivity contribution in [3.05, 3.63) is 34.9 Å². The lowest BCUT2D eigenvalue weighted by Crippen LogP contribution is -2.41. The molecule has 0 aliphatic carbocycles. The maximum absolute atomic E-state index is 11.4. The van der Waals surface area contributed by atoms with Crippen LogP contribution in [0.1, 0.15) is 24.3 Å². The van der Waals surface area contributed by atoms with Crippen molar-refractivity contribution in [3.8, 4) is 0 Å². The number of amides is 1. The molecule has 1 aliphatic rings. The number of benzene rings is 1. The largest absolute Gasteiger partial charge is 0.342 e. The summed E-state index contributed by atoms with van der Waals surface area (Å²) in [7, 11) is 0. The Kier molecular flexibility index (Phi) is 4.02. The first-order chi connectivity index (χ1) is 8.20. The summed E-state index contributed by atoms with van der Waals surface area (Å²) in [4.78, 5) is 13.3. The van der Waals surface area contributed by atoms with Crippen LogP contribution in [0, 0.1) is 0 Å². The number of hydrogen-bond donors (Lipinski definition) is 1. The summed E-state index contributed by atoms with van der Waals surface area (Å²) in [5.74, 6) is 0.591. The lowest BCUT2D eigenvalue weighted by atomic mass is 9.89. The van der Waals surface area contributed by atoms with E-state index in [0.717, 1.165) is 31.0 Å². The van der Waals surface area contributed by atoms with E-state index in [1.165, 1.54) is 5.56 Å². The van der Waals surface area contributed by atoms with Crippen molar-refractivity contribution in [1.82, 2.24) is 4.90 Å². The molecule has 0 atom stereocenters. The Morgan fingerprint density at radius 2 is 1.88 bits per heavy atom. The number of carbonyl (C=O) groups is 1. The van der Waals surface area contributed by atoms with Gasteiger partial charge in [0.25, 0.3) is 0 Å². The van der Waals surface area contributed by atoms with Crippen LogP contribution in [0.4, 0.5) is 0 Å². The second kappa shape index (κ2) is 5.52. The van der Waals surface area contributed by atoms with Gasteiger partial charge >= 0.3 is 0 Å². The molecule has 0 bridgehead atoms. The van der Waals surface area contributed by atoms with Crippen LogP contribution in [0.5, 0.6) is 0 Å². The average molecular weight is 253 g/mol. The van der Waals surface area contributed by atoms with E-state index in [4.69, 9.17) is 17.3 Å². The van der Waals surface area contributed by atoms with Gasteiger partial charge < -0.3 is 10.6 Å². The Bertz CT molecular complexity index is 383. The maximum atomic E-state index is 11.4. The Hall–Kier alpha value is -1.06. The van der Waals surface area contributed by atoms with Gasteiger partial charge in [-0.2, -0.15) is 0 Å². The molecule has 1 aromatic rings. The number of carbonyl (C=O) groups excluding carboxylic acids is 1. The van der Waals surface area contributed by atoms with Gasteiger partial charge in [-0.3, -0.25) is 4.79 Å². The van der Waals surface area contributed by atoms with Crippen molar-refractivity contribution in [3.63, 3.8) is 0 Å². The molecule has 0 saturated carbocycles. The van der Waals surface area contributed by atoms with Crippen LogP contribution < -0.4 is 5.73 Å². The smallest absolute Gasteiger partial charge is 0.236 e. The summed E-state index contributed by atoms with van der Waals surface area (Å²) in [6.45, 7) is 1.73. The van der Waals surface area contributed by atoms with Gasteiger partial charge in [0, 0.05) is 18.1 Å². The Morgan fingerprint density at radius 1 is 1.29 bits per heavy atom. The Morgan fingerprint density at radius 3 is 2.41 bits per heavy atom. The van der Waals surface area contributed by atoms with Crippen LogP contribution in [-0.4, -0.2) is 30.4 Å². The number of likely N-dealkylation sites (tertiary alicyclic amines) is 1. The van der Waals surface area contributed by atoms with Crippen molar-refractivity contribution in [1.29, 1.82) is 0 Å². The van der Waals surface area contributed by atoms with Gasteiger partial charge in [0.2, 0.25) is 5.91 Å². The van der Waals surface area contributed by atoms with E-state index in [-0.39, 0.29) is 12.5 Å². The van der Waals surface area contributed by atoms with Gasteiger partial charge in [-0.15, -0.1) is 0 Å². The molecule has 0 spiro atoms. The van der Waals surface area contributed by atoms with E-state index in [9.17, 15) is 4.79 Å². The first-order valence-corrected chi connectivity index (χ1v) is 6.32. The quantitative estimate of drug-likeness (QED) is 0.875. The zero-order valence-corrected chi connectivity index (χ0v) is 10.5. The maximum Gasteiger partial charge on any atom is 0.236 e. The monoisotopic (exact) mass is 252 g/mol. The fraction of sp³-hybridized carbons (Fsp3) is 0.462. The number of rotatable bonds is 2. The first kappa shape index (κ1) is 12.4. The highest BCUT2D eigenvalue weighted by molar-refractivity contribution is 6.30. The molecule has 1 fully saturated rings. The summed E-state index contributed by atoms with van der Waals surface area (Å²) in [5.41, 5.74) is 6.67. The van der Waals surface area contributed by atoms with Gasteiger partial charge in [0.1, 0.15) is 0 Å². The zero-order chi connectivity index (χ0) is 12.3. The van der Waals surface area contributed by atoms with Crippen molar-refractivity contribution in [2.45, 2.75) is 18.8 Å². The minimum Gasteiger partial charge on any atom is -0.342 e. The number of hydrogen-bond acceptors (Lipinski definition) is 2. The fourth-order valence-electron chi connectivity index (χ4n) is 2.33. The summed E-state index contributed by atoms with van der Waals surface area (Å²) in [6.07, 6.45) is 2.01. The van der Waals surface area contributed by atoms with Gasteiger partial charge in [0.15, 0.2) is 0 Å². The number of nitrogens with two attached hydrogens (primary N) is 1. The van der Waals surface area contributed by atoms with Crippen LogP contribution in [0.2, 0.25) is 5.02 Å². The van der Waals surface area contributed by atoms with Gasteiger partial charge in [0.05, 0.1) is 6.54 Å². The molecule has 1 aliphatic heterocycles. The molecule has 0 aromatic heterocycles. The standard InChI is InChI=1S/C13H17ClN2O/c14-12-3-1-10(2-4-12)11-5-7-16(8-6-11)13(17)9-15/h1-4,11H,5-9,15H2. The third-order valence-corrected chi connectivity index (χ3v) is 3.62. The van der Waals surface area contributed by atoms with Crippen LogP contribution in [0.25, 0.3) is 0 Å². The van der Waals surface area contributed by atoms with Crippen molar-refractivity contribution in [2.24, 2.45) is 5.73 Å². The summed E-state index contributed by atoms with van der Waals surface area (Å²) in [5, 5.41) is 0.768. The van der Waals surface area contributed by atoms with Crippen molar-refractivity contribution < 1.29 is 4.79 Å². The molecular weight excluding hydrogens is 236 g/mol. The Labute approximate surface area is 107 Å². The second-order valence-electron chi connectivity index (χ2n) is 4.41. The van der Waals surface area contributed by atoms with E-state index in [2.05, 4.69) is 12.1 Å². The second-order valence-corrected chi connectivity index (χ2v) is 4.85. The molecule has 1 heterocycles. The van der Waals surface area contributed by atoms with Crippen LogP contribution in [0.15, 0.2) is 24.3 Å². The molecule has 0 unspecified atom stereocenters. The summed E-state index contributed by atoms with van der Waals surface area (Å²) < 4.78 is 0. The fourth-order valence-corrected chi connectivity index (χ4v) is 2.45. The molecule has 92 valence electrons. The van der Waals surface area contributed by atoms with Crippen molar-refractivity contribution >= 4 is 17.5 Å². The molecule has 0 radical (unpaired) electrons. The van der Waals surface area contributed by atoms with Crippen LogP contribution in [-0.2, 0) is 4.79 Å². The zero-order valence-electron chi connectivity index (χ0n) is 9.73. The van der Waals surface area contributed by atoms with Crippen molar-refractivity contribution in [2.75, 3.05) is 19.6 Å². The SMILES string of the molecule is NCC(=O)N1CCC(c2ccc(Cl)cc2)CC1.